The summed E-state index contributed by atoms with van der Waals surface area (Å²) in [4.78, 5) is 25.8. The summed E-state index contributed by atoms with van der Waals surface area (Å²) in [6.07, 6.45) is 24.9. The van der Waals surface area contributed by atoms with Crippen LogP contribution in [-0.4, -0.2) is 52.9 Å². The number of carbonyl (C=O) groups excluding carboxylic acids is 1. The van der Waals surface area contributed by atoms with E-state index in [2.05, 4.69) is 29.4 Å². The second-order valence-electron chi connectivity index (χ2n) is 13.5. The van der Waals surface area contributed by atoms with Gasteiger partial charge in [0.25, 0.3) is 5.92 Å². The third-order valence-corrected chi connectivity index (χ3v) is 9.47. The van der Waals surface area contributed by atoms with E-state index >= 15 is 0 Å². The summed E-state index contributed by atoms with van der Waals surface area (Å²) in [5.41, 5.74) is 2.16. The van der Waals surface area contributed by atoms with Crippen LogP contribution in [0.5, 0.6) is 0 Å². The van der Waals surface area contributed by atoms with E-state index in [0.717, 1.165) is 49.9 Å². The molecule has 0 atom stereocenters. The van der Waals surface area contributed by atoms with Gasteiger partial charge in [-0.1, -0.05) is 70.4 Å². The van der Waals surface area contributed by atoms with Gasteiger partial charge >= 0.3 is 0 Å². The molecule has 2 aliphatic rings. The molecule has 4 heterocycles. The van der Waals surface area contributed by atoms with E-state index in [1.807, 2.05) is 36.1 Å². The molecule has 1 N–H and O–H groups in total. The standard InChI is InChI=1S/C38H57F2N5O/c1-3-4-5-6-7-8-9-10-11-12-13-14-15-16-17-18-37(46)44-24-20-32(21-25-44)33-28-35(42-34-27-31(2)19-23-41-34)43-36(29-33)45-26-22-38(39,40)30-45/h10-11,19,23,27-29,32H,3-9,12-18,20-22,24-26,30H2,1-2H3,(H,41,42,43)/b11-10-. The molecule has 4 rings (SSSR count). The number of pyridine rings is 2. The molecular weight excluding hydrogens is 580 g/mol. The summed E-state index contributed by atoms with van der Waals surface area (Å²) in [6.45, 7) is 5.71. The van der Waals surface area contributed by atoms with Crippen LogP contribution in [-0.2, 0) is 4.79 Å². The van der Waals surface area contributed by atoms with Gasteiger partial charge in [0.05, 0.1) is 6.54 Å². The number of piperidine rings is 1. The highest BCUT2D eigenvalue weighted by Crippen LogP contribution is 2.35. The van der Waals surface area contributed by atoms with Crippen molar-refractivity contribution in [1.29, 1.82) is 0 Å². The number of aryl methyl sites for hydroxylation is 1. The average Bonchev–Trinajstić information content (AvgIpc) is 3.42. The van der Waals surface area contributed by atoms with E-state index < -0.39 is 5.92 Å². The molecule has 2 fully saturated rings. The molecule has 6 nitrogen and oxygen atoms in total. The number of halogens is 2. The van der Waals surface area contributed by atoms with Gasteiger partial charge in [-0.25, -0.2) is 18.7 Å². The molecular formula is C38H57F2N5O. The first-order chi connectivity index (χ1) is 22.3. The van der Waals surface area contributed by atoms with Gasteiger partial charge in [0, 0.05) is 38.7 Å². The van der Waals surface area contributed by atoms with Crippen molar-refractivity contribution in [2.75, 3.05) is 36.4 Å². The predicted molar refractivity (Wildman–Crippen MR) is 186 cm³/mol. The largest absolute Gasteiger partial charge is 0.350 e. The fourth-order valence-electron chi connectivity index (χ4n) is 6.63. The normalized spacial score (nSPS) is 16.9. The molecule has 0 aliphatic carbocycles. The molecule has 2 aromatic heterocycles. The zero-order valence-electron chi connectivity index (χ0n) is 28.4. The first kappa shape index (κ1) is 35.8. The lowest BCUT2D eigenvalue weighted by Crippen LogP contribution is -2.37. The van der Waals surface area contributed by atoms with Crippen molar-refractivity contribution < 1.29 is 13.6 Å². The van der Waals surface area contributed by atoms with Crippen LogP contribution in [0.2, 0.25) is 0 Å². The maximum absolute atomic E-state index is 14.1. The van der Waals surface area contributed by atoms with Crippen LogP contribution in [0.3, 0.4) is 0 Å². The number of alkyl halides is 2. The molecule has 0 radical (unpaired) electrons. The lowest BCUT2D eigenvalue weighted by molar-refractivity contribution is -0.132. The Morgan fingerprint density at radius 3 is 2.24 bits per heavy atom. The minimum Gasteiger partial charge on any atom is -0.350 e. The van der Waals surface area contributed by atoms with Crippen LogP contribution in [0.15, 0.2) is 42.6 Å². The number of aromatic nitrogens is 2. The summed E-state index contributed by atoms with van der Waals surface area (Å²) in [5, 5.41) is 3.29. The van der Waals surface area contributed by atoms with E-state index in [-0.39, 0.29) is 31.3 Å². The van der Waals surface area contributed by atoms with Crippen LogP contribution in [0, 0.1) is 6.92 Å². The van der Waals surface area contributed by atoms with E-state index in [9.17, 15) is 13.6 Å². The van der Waals surface area contributed by atoms with Crippen molar-refractivity contribution in [3.05, 3.63) is 53.7 Å². The monoisotopic (exact) mass is 637 g/mol. The fourth-order valence-corrected chi connectivity index (χ4v) is 6.63. The topological polar surface area (TPSA) is 61.4 Å². The Morgan fingerprint density at radius 2 is 1.59 bits per heavy atom. The number of amides is 1. The van der Waals surface area contributed by atoms with E-state index in [0.29, 0.717) is 23.9 Å². The minimum atomic E-state index is -2.70. The summed E-state index contributed by atoms with van der Waals surface area (Å²) in [7, 11) is 0. The van der Waals surface area contributed by atoms with Gasteiger partial charge in [0.2, 0.25) is 5.91 Å². The molecule has 0 unspecified atom stereocenters. The molecule has 2 aliphatic heterocycles. The maximum Gasteiger partial charge on any atom is 0.266 e. The number of rotatable bonds is 19. The molecule has 2 aromatic rings. The van der Waals surface area contributed by atoms with Gasteiger partial charge in [-0.3, -0.25) is 4.79 Å². The summed E-state index contributed by atoms with van der Waals surface area (Å²) >= 11 is 0. The second kappa shape index (κ2) is 19.0. The van der Waals surface area contributed by atoms with E-state index in [1.165, 1.54) is 70.6 Å². The van der Waals surface area contributed by atoms with Gasteiger partial charge in [-0.15, -0.1) is 0 Å². The van der Waals surface area contributed by atoms with Crippen molar-refractivity contribution in [3.8, 4) is 0 Å². The third-order valence-electron chi connectivity index (χ3n) is 9.47. The smallest absolute Gasteiger partial charge is 0.266 e. The first-order valence-corrected chi connectivity index (χ1v) is 18.1. The van der Waals surface area contributed by atoms with Crippen molar-refractivity contribution in [2.24, 2.45) is 0 Å². The predicted octanol–water partition coefficient (Wildman–Crippen LogP) is 10.1. The van der Waals surface area contributed by atoms with Gasteiger partial charge in [-0.2, -0.15) is 0 Å². The van der Waals surface area contributed by atoms with Gasteiger partial charge in [0.1, 0.15) is 17.5 Å². The Hall–Kier alpha value is -3.03. The number of anilines is 3. The Kier molecular flexibility index (Phi) is 14.8. The maximum atomic E-state index is 14.1. The lowest BCUT2D eigenvalue weighted by atomic mass is 9.89. The van der Waals surface area contributed by atoms with Crippen LogP contribution >= 0.6 is 0 Å². The molecule has 8 heteroatoms. The minimum absolute atomic E-state index is 0.154. The third kappa shape index (κ3) is 12.3. The van der Waals surface area contributed by atoms with E-state index in [4.69, 9.17) is 4.98 Å². The van der Waals surface area contributed by atoms with Crippen LogP contribution in [0.1, 0.15) is 133 Å². The van der Waals surface area contributed by atoms with Crippen LogP contribution in [0.4, 0.5) is 26.2 Å². The highest BCUT2D eigenvalue weighted by Gasteiger charge is 2.39. The fraction of sp³-hybridized carbons (Fsp3) is 0.658. The summed E-state index contributed by atoms with van der Waals surface area (Å²) in [6, 6.07) is 7.87. The highest BCUT2D eigenvalue weighted by molar-refractivity contribution is 5.76. The Morgan fingerprint density at radius 1 is 0.913 bits per heavy atom. The Labute approximate surface area is 276 Å². The first-order valence-electron chi connectivity index (χ1n) is 18.1. The van der Waals surface area contributed by atoms with E-state index in [1.54, 1.807) is 11.1 Å². The molecule has 0 bridgehead atoms. The number of allylic oxidation sites excluding steroid dienone is 2. The number of hydrogen-bond donors (Lipinski definition) is 1. The number of likely N-dealkylation sites (tertiary alicyclic amines) is 1. The second-order valence-corrected chi connectivity index (χ2v) is 13.5. The SMILES string of the molecule is CCCCCCCC/C=C\CCCCCCCC(=O)N1CCC(c2cc(Nc3cc(C)ccn3)nc(N3CCC(F)(F)C3)c2)CC1. The number of unbranched alkanes of at least 4 members (excludes halogenated alkanes) is 11. The Balaban J connectivity index is 1.16. The van der Waals surface area contributed by atoms with Crippen molar-refractivity contribution in [2.45, 2.75) is 135 Å². The molecule has 0 spiro atoms. The zero-order chi connectivity index (χ0) is 32.6. The molecule has 46 heavy (non-hydrogen) atoms. The number of nitrogens with zero attached hydrogens (tertiary/aromatic N) is 4. The van der Waals surface area contributed by atoms with Gasteiger partial charge in [0.15, 0.2) is 0 Å². The number of hydrogen-bond acceptors (Lipinski definition) is 5. The van der Waals surface area contributed by atoms with Crippen LogP contribution in [0.25, 0.3) is 0 Å². The zero-order valence-corrected chi connectivity index (χ0v) is 28.4. The highest BCUT2D eigenvalue weighted by atomic mass is 19.3. The molecule has 1 amide bonds. The molecule has 2 saturated heterocycles. The molecule has 0 saturated carbocycles. The number of nitrogens with one attached hydrogen (secondary N) is 1. The number of carbonyl (C=O) groups is 1. The average molecular weight is 638 g/mol. The van der Waals surface area contributed by atoms with Crippen LogP contribution < -0.4 is 10.2 Å². The Bertz CT molecular complexity index is 1230. The van der Waals surface area contributed by atoms with Gasteiger partial charge < -0.3 is 15.1 Å². The van der Waals surface area contributed by atoms with Gasteiger partial charge in [-0.05, 0) is 93.2 Å². The van der Waals surface area contributed by atoms with Crippen molar-refractivity contribution >= 4 is 23.4 Å². The quantitative estimate of drug-likeness (QED) is 0.123. The summed E-state index contributed by atoms with van der Waals surface area (Å²) in [5.74, 6) is -0.313. The van der Waals surface area contributed by atoms with Crippen molar-refractivity contribution in [3.63, 3.8) is 0 Å². The molecule has 254 valence electrons. The lowest BCUT2D eigenvalue weighted by Gasteiger charge is -2.33. The van der Waals surface area contributed by atoms with Crippen molar-refractivity contribution in [1.82, 2.24) is 14.9 Å². The summed E-state index contributed by atoms with van der Waals surface area (Å²) < 4.78 is 28.1. The molecule has 0 aromatic carbocycles.